The lowest BCUT2D eigenvalue weighted by atomic mass is 10.1. The molecule has 0 spiro atoms. The molecule has 1 atom stereocenters. The van der Waals surface area contributed by atoms with Crippen molar-refractivity contribution in [3.05, 3.63) is 35.4 Å². The van der Waals surface area contributed by atoms with Crippen LogP contribution in [-0.4, -0.2) is 33.3 Å². The van der Waals surface area contributed by atoms with Crippen LogP contribution in [0.15, 0.2) is 29.4 Å². The van der Waals surface area contributed by atoms with Crippen LogP contribution in [0.2, 0.25) is 0 Å². The average Bonchev–Trinajstić information content (AvgIpc) is 2.54. The van der Waals surface area contributed by atoms with Gasteiger partial charge in [-0.1, -0.05) is 41.6 Å². The van der Waals surface area contributed by atoms with Gasteiger partial charge in [-0.05, 0) is 20.1 Å². The summed E-state index contributed by atoms with van der Waals surface area (Å²) in [4.78, 5) is 19.7. The second-order valence-corrected chi connectivity index (χ2v) is 5.74. The zero-order valence-corrected chi connectivity index (χ0v) is 13.8. The van der Waals surface area contributed by atoms with Crippen LogP contribution in [0.3, 0.4) is 0 Å². The van der Waals surface area contributed by atoms with Crippen LogP contribution in [0, 0.1) is 18.3 Å². The quantitative estimate of drug-likeness (QED) is 0.643. The second kappa shape index (κ2) is 7.11. The number of nitrogens with zero attached hydrogens (tertiary/aromatic N) is 3. The topological polar surface area (TPSA) is 98.9 Å². The second-order valence-electron chi connectivity index (χ2n) is 4.96. The Morgan fingerprint density at radius 3 is 2.52 bits per heavy atom. The molecular weight excluding hydrogens is 312 g/mol. The SMILES string of the molecule is CSc1nc(N[C@@H](C)C(=O)O)c(C#N)c(-c2ccc(C)cc2)n1. The molecule has 1 aromatic heterocycles. The molecule has 1 aromatic carbocycles. The number of thioether (sulfide) groups is 1. The van der Waals surface area contributed by atoms with Gasteiger partial charge in [0, 0.05) is 5.56 Å². The lowest BCUT2D eigenvalue weighted by Crippen LogP contribution is -2.26. The number of nitrogens with one attached hydrogen (secondary N) is 1. The molecule has 118 valence electrons. The molecule has 6 nitrogen and oxygen atoms in total. The number of benzene rings is 1. The van der Waals surface area contributed by atoms with Crippen molar-refractivity contribution in [1.82, 2.24) is 9.97 Å². The Balaban J connectivity index is 2.59. The zero-order chi connectivity index (χ0) is 17.0. The van der Waals surface area contributed by atoms with Gasteiger partial charge in [-0.15, -0.1) is 0 Å². The van der Waals surface area contributed by atoms with Crippen molar-refractivity contribution in [2.75, 3.05) is 11.6 Å². The van der Waals surface area contributed by atoms with E-state index in [4.69, 9.17) is 5.11 Å². The fourth-order valence-corrected chi connectivity index (χ4v) is 2.29. The summed E-state index contributed by atoms with van der Waals surface area (Å²) in [7, 11) is 0. The Morgan fingerprint density at radius 2 is 2.00 bits per heavy atom. The summed E-state index contributed by atoms with van der Waals surface area (Å²) in [5.41, 5.74) is 2.62. The monoisotopic (exact) mass is 328 g/mol. The standard InChI is InChI=1S/C16H16N4O2S/c1-9-4-6-11(7-5-9)13-12(8-17)14(18-10(2)15(21)22)20-16(19-13)23-3/h4-7,10H,1-3H3,(H,21,22)(H,18,19,20)/t10-/m0/s1. The number of aliphatic carboxylic acids is 1. The number of hydrogen-bond donors (Lipinski definition) is 2. The Hall–Kier alpha value is -2.59. The van der Waals surface area contributed by atoms with Gasteiger partial charge in [-0.2, -0.15) is 5.26 Å². The van der Waals surface area contributed by atoms with E-state index in [1.54, 1.807) is 0 Å². The van der Waals surface area contributed by atoms with Crippen molar-refractivity contribution in [2.24, 2.45) is 0 Å². The van der Waals surface area contributed by atoms with Crippen molar-refractivity contribution in [3.63, 3.8) is 0 Å². The van der Waals surface area contributed by atoms with Crippen molar-refractivity contribution in [2.45, 2.75) is 25.0 Å². The minimum atomic E-state index is -1.02. The van der Waals surface area contributed by atoms with Crippen LogP contribution in [0.25, 0.3) is 11.3 Å². The summed E-state index contributed by atoms with van der Waals surface area (Å²) in [6, 6.07) is 8.85. The first-order valence-corrected chi connectivity index (χ1v) is 8.11. The average molecular weight is 328 g/mol. The molecule has 0 bridgehead atoms. The molecule has 0 aliphatic heterocycles. The number of rotatable bonds is 5. The van der Waals surface area contributed by atoms with E-state index in [-0.39, 0.29) is 11.4 Å². The van der Waals surface area contributed by atoms with E-state index in [2.05, 4.69) is 21.4 Å². The van der Waals surface area contributed by atoms with Crippen molar-refractivity contribution in [3.8, 4) is 17.3 Å². The highest BCUT2D eigenvalue weighted by Crippen LogP contribution is 2.28. The molecular formula is C16H16N4O2S. The van der Waals surface area contributed by atoms with E-state index < -0.39 is 12.0 Å². The number of nitriles is 1. The summed E-state index contributed by atoms with van der Waals surface area (Å²) in [6.45, 7) is 3.47. The highest BCUT2D eigenvalue weighted by molar-refractivity contribution is 7.98. The predicted molar refractivity (Wildman–Crippen MR) is 89.4 cm³/mol. The molecule has 2 rings (SSSR count). The van der Waals surface area contributed by atoms with E-state index in [0.29, 0.717) is 10.9 Å². The lowest BCUT2D eigenvalue weighted by molar-refractivity contribution is -0.137. The van der Waals surface area contributed by atoms with Crippen molar-refractivity contribution in [1.29, 1.82) is 5.26 Å². The van der Waals surface area contributed by atoms with Gasteiger partial charge in [-0.3, -0.25) is 4.79 Å². The number of aromatic nitrogens is 2. The maximum absolute atomic E-state index is 11.1. The van der Waals surface area contributed by atoms with Gasteiger partial charge in [-0.25, -0.2) is 9.97 Å². The molecule has 0 aliphatic carbocycles. The highest BCUT2D eigenvalue weighted by Gasteiger charge is 2.19. The summed E-state index contributed by atoms with van der Waals surface area (Å²) >= 11 is 1.33. The molecule has 0 saturated carbocycles. The number of carbonyl (C=O) groups is 1. The third-order valence-corrected chi connectivity index (χ3v) is 3.78. The summed E-state index contributed by atoms with van der Waals surface area (Å²) < 4.78 is 0. The number of carboxylic acid groups (broad SMARTS) is 1. The molecule has 7 heteroatoms. The minimum Gasteiger partial charge on any atom is -0.480 e. The third kappa shape index (κ3) is 3.79. The molecule has 0 radical (unpaired) electrons. The van der Waals surface area contributed by atoms with Crippen LogP contribution in [0.4, 0.5) is 5.82 Å². The normalized spacial score (nSPS) is 11.6. The van der Waals surface area contributed by atoms with E-state index in [9.17, 15) is 10.1 Å². The van der Waals surface area contributed by atoms with Crippen molar-refractivity contribution < 1.29 is 9.90 Å². The van der Waals surface area contributed by atoms with Crippen molar-refractivity contribution >= 4 is 23.5 Å². The summed E-state index contributed by atoms with van der Waals surface area (Å²) in [6.07, 6.45) is 1.82. The van der Waals surface area contributed by atoms with Gasteiger partial charge >= 0.3 is 5.97 Å². The fourth-order valence-electron chi connectivity index (χ4n) is 1.93. The Labute approximate surface area is 138 Å². The van der Waals surface area contributed by atoms with E-state index in [1.165, 1.54) is 18.7 Å². The summed E-state index contributed by atoms with van der Waals surface area (Å²) in [5.74, 6) is -0.785. The molecule has 0 saturated heterocycles. The number of aryl methyl sites for hydroxylation is 1. The molecule has 0 aliphatic rings. The van der Waals surface area contributed by atoms with Gasteiger partial charge in [0.15, 0.2) is 5.16 Å². The van der Waals surface area contributed by atoms with Gasteiger partial charge in [0.2, 0.25) is 0 Å². The molecule has 1 heterocycles. The molecule has 0 amide bonds. The van der Waals surface area contributed by atoms with E-state index in [0.717, 1.165) is 11.1 Å². The van der Waals surface area contributed by atoms with Gasteiger partial charge in [0.1, 0.15) is 23.5 Å². The van der Waals surface area contributed by atoms with Crippen LogP contribution < -0.4 is 5.32 Å². The number of anilines is 1. The molecule has 2 N–H and O–H groups in total. The number of hydrogen-bond acceptors (Lipinski definition) is 6. The Morgan fingerprint density at radius 1 is 1.35 bits per heavy atom. The largest absolute Gasteiger partial charge is 0.480 e. The lowest BCUT2D eigenvalue weighted by Gasteiger charge is -2.14. The van der Waals surface area contributed by atoms with E-state index >= 15 is 0 Å². The Bertz CT molecular complexity index is 769. The zero-order valence-electron chi connectivity index (χ0n) is 13.0. The van der Waals surface area contributed by atoms with Gasteiger partial charge < -0.3 is 10.4 Å². The molecule has 0 unspecified atom stereocenters. The smallest absolute Gasteiger partial charge is 0.325 e. The third-order valence-electron chi connectivity index (χ3n) is 3.23. The number of carboxylic acids is 1. The molecule has 23 heavy (non-hydrogen) atoms. The molecule has 0 fully saturated rings. The first kappa shape index (κ1) is 16.8. The first-order valence-electron chi connectivity index (χ1n) is 6.88. The van der Waals surface area contributed by atoms with Crippen LogP contribution in [-0.2, 0) is 4.79 Å². The predicted octanol–water partition coefficient (Wildman–Crippen LogP) is 2.93. The Kier molecular flexibility index (Phi) is 5.19. The molecule has 2 aromatic rings. The van der Waals surface area contributed by atoms with Crippen LogP contribution in [0.5, 0.6) is 0 Å². The maximum atomic E-state index is 11.1. The van der Waals surface area contributed by atoms with Crippen LogP contribution in [0.1, 0.15) is 18.1 Å². The highest BCUT2D eigenvalue weighted by atomic mass is 32.2. The summed E-state index contributed by atoms with van der Waals surface area (Å²) in [5, 5.41) is 21.8. The van der Waals surface area contributed by atoms with Crippen LogP contribution >= 0.6 is 11.8 Å². The van der Waals surface area contributed by atoms with Gasteiger partial charge in [0.25, 0.3) is 0 Å². The fraction of sp³-hybridized carbons (Fsp3) is 0.250. The minimum absolute atomic E-state index is 0.234. The van der Waals surface area contributed by atoms with Gasteiger partial charge in [0.05, 0.1) is 5.69 Å². The van der Waals surface area contributed by atoms with E-state index in [1.807, 2.05) is 37.4 Å². The first-order chi connectivity index (χ1) is 11.0. The maximum Gasteiger partial charge on any atom is 0.325 e.